The first kappa shape index (κ1) is 34.4. The molecule has 2 N–H and O–H groups in total. The quantitative estimate of drug-likeness (QED) is 0.0903. The van der Waals surface area contributed by atoms with Crippen molar-refractivity contribution < 1.29 is 13.9 Å². The van der Waals surface area contributed by atoms with Crippen molar-refractivity contribution in [2.45, 2.75) is 193 Å². The molecule has 0 heterocycles. The second-order valence-corrected chi connectivity index (χ2v) is 10.9. The maximum absolute atomic E-state index is 14.5. The Balaban J connectivity index is 3.90. The van der Waals surface area contributed by atoms with Crippen LogP contribution in [-0.2, 0) is 9.53 Å². The molecule has 0 amide bonds. The van der Waals surface area contributed by atoms with Crippen molar-refractivity contribution in [1.29, 1.82) is 0 Å². The number of carbonyl (C=O) groups is 1. The Hall–Kier alpha value is -0.640. The molecular formula is C31H62FNO2. The molecule has 210 valence electrons. The monoisotopic (exact) mass is 499 g/mol. The van der Waals surface area contributed by atoms with Crippen molar-refractivity contribution in [3.8, 4) is 0 Å². The van der Waals surface area contributed by atoms with Crippen LogP contribution >= 0.6 is 0 Å². The summed E-state index contributed by atoms with van der Waals surface area (Å²) in [6, 6.07) is 0.307. The second-order valence-electron chi connectivity index (χ2n) is 10.9. The van der Waals surface area contributed by atoms with Crippen LogP contribution in [0.2, 0.25) is 0 Å². The van der Waals surface area contributed by atoms with Gasteiger partial charge in [0.15, 0.2) is 6.17 Å². The first-order valence-corrected chi connectivity index (χ1v) is 15.6. The molecule has 0 rings (SSSR count). The highest BCUT2D eigenvalue weighted by Gasteiger charge is 2.22. The molecule has 35 heavy (non-hydrogen) atoms. The zero-order valence-corrected chi connectivity index (χ0v) is 24.0. The van der Waals surface area contributed by atoms with E-state index in [9.17, 15) is 9.18 Å². The van der Waals surface area contributed by atoms with E-state index in [0.717, 1.165) is 64.2 Å². The average Bonchev–Trinajstić information content (AvgIpc) is 2.85. The lowest BCUT2D eigenvalue weighted by Crippen LogP contribution is -2.25. The topological polar surface area (TPSA) is 52.3 Å². The van der Waals surface area contributed by atoms with E-state index < -0.39 is 12.1 Å². The zero-order chi connectivity index (χ0) is 26.0. The molecule has 0 saturated heterocycles. The summed E-state index contributed by atoms with van der Waals surface area (Å²) < 4.78 is 20.1. The summed E-state index contributed by atoms with van der Waals surface area (Å²) in [5.41, 5.74) is 6.27. The number of ether oxygens (including phenoxy) is 1. The highest BCUT2D eigenvalue weighted by atomic mass is 19.1. The lowest BCUT2D eigenvalue weighted by molar-refractivity contribution is -0.156. The fraction of sp³-hybridized carbons (Fsp3) is 0.968. The SMILES string of the molecule is CCCCCCCCCC(N)CCCCCCC(F)C(=O)OC(CCCCCC)CCCCCC. The van der Waals surface area contributed by atoms with Crippen molar-refractivity contribution in [3.63, 3.8) is 0 Å². The fourth-order valence-corrected chi connectivity index (χ4v) is 4.81. The van der Waals surface area contributed by atoms with E-state index in [-0.39, 0.29) is 6.10 Å². The van der Waals surface area contributed by atoms with Gasteiger partial charge in [-0.25, -0.2) is 9.18 Å². The van der Waals surface area contributed by atoms with Crippen molar-refractivity contribution in [2.24, 2.45) is 5.73 Å². The summed E-state index contributed by atoms with van der Waals surface area (Å²) in [7, 11) is 0. The van der Waals surface area contributed by atoms with Gasteiger partial charge in [0.1, 0.15) is 6.10 Å². The maximum Gasteiger partial charge on any atom is 0.340 e. The number of alkyl halides is 1. The summed E-state index contributed by atoms with van der Waals surface area (Å²) in [5, 5.41) is 0. The summed E-state index contributed by atoms with van der Waals surface area (Å²) in [6.45, 7) is 6.65. The molecule has 0 radical (unpaired) electrons. The predicted octanol–water partition coefficient (Wildman–Crippen LogP) is 9.99. The lowest BCUT2D eigenvalue weighted by Gasteiger charge is -2.19. The van der Waals surface area contributed by atoms with Crippen molar-refractivity contribution >= 4 is 5.97 Å². The minimum atomic E-state index is -1.47. The second kappa shape index (κ2) is 26.4. The number of unbranched alkanes of at least 4 members (excludes halogenated alkanes) is 15. The molecule has 0 aliphatic carbocycles. The molecule has 0 aromatic carbocycles. The molecular weight excluding hydrogens is 437 g/mol. The first-order valence-electron chi connectivity index (χ1n) is 15.6. The van der Waals surface area contributed by atoms with Gasteiger partial charge in [0.25, 0.3) is 0 Å². The van der Waals surface area contributed by atoms with Gasteiger partial charge in [-0.15, -0.1) is 0 Å². The average molecular weight is 500 g/mol. The van der Waals surface area contributed by atoms with E-state index in [1.807, 2.05) is 0 Å². The van der Waals surface area contributed by atoms with Crippen LogP contribution in [0.5, 0.6) is 0 Å². The van der Waals surface area contributed by atoms with E-state index in [0.29, 0.717) is 12.5 Å². The molecule has 0 aliphatic heterocycles. The Morgan fingerprint density at radius 2 is 0.914 bits per heavy atom. The van der Waals surface area contributed by atoms with Crippen molar-refractivity contribution in [3.05, 3.63) is 0 Å². The Morgan fingerprint density at radius 1 is 0.571 bits per heavy atom. The van der Waals surface area contributed by atoms with Crippen LogP contribution in [-0.4, -0.2) is 24.3 Å². The Bertz CT molecular complexity index is 434. The van der Waals surface area contributed by atoms with Gasteiger partial charge in [0.05, 0.1) is 0 Å². The van der Waals surface area contributed by atoms with Crippen LogP contribution in [0.15, 0.2) is 0 Å². The summed E-state index contributed by atoms with van der Waals surface area (Å²) in [4.78, 5) is 12.3. The van der Waals surface area contributed by atoms with Crippen molar-refractivity contribution in [1.82, 2.24) is 0 Å². The Labute approximate surface area is 218 Å². The van der Waals surface area contributed by atoms with Gasteiger partial charge in [-0.05, 0) is 51.4 Å². The van der Waals surface area contributed by atoms with E-state index >= 15 is 0 Å². The third kappa shape index (κ3) is 23.5. The van der Waals surface area contributed by atoms with Crippen LogP contribution in [0, 0.1) is 0 Å². The molecule has 0 aromatic heterocycles. The number of nitrogens with two attached hydrogens (primary N) is 1. The van der Waals surface area contributed by atoms with Gasteiger partial charge in [-0.3, -0.25) is 0 Å². The molecule has 0 aromatic rings. The van der Waals surface area contributed by atoms with Gasteiger partial charge in [0, 0.05) is 6.04 Å². The van der Waals surface area contributed by atoms with Gasteiger partial charge in [-0.2, -0.15) is 0 Å². The summed E-state index contributed by atoms with van der Waals surface area (Å²) in [6.07, 6.45) is 25.2. The van der Waals surface area contributed by atoms with E-state index in [1.165, 1.54) is 83.5 Å². The Kier molecular flexibility index (Phi) is 25.9. The maximum atomic E-state index is 14.5. The van der Waals surface area contributed by atoms with Crippen molar-refractivity contribution in [2.75, 3.05) is 0 Å². The van der Waals surface area contributed by atoms with Crippen LogP contribution in [0.1, 0.15) is 175 Å². The third-order valence-corrected chi connectivity index (χ3v) is 7.26. The fourth-order valence-electron chi connectivity index (χ4n) is 4.81. The van der Waals surface area contributed by atoms with Crippen LogP contribution in [0.3, 0.4) is 0 Å². The molecule has 0 spiro atoms. The van der Waals surface area contributed by atoms with E-state index in [2.05, 4.69) is 20.8 Å². The highest BCUT2D eigenvalue weighted by molar-refractivity contribution is 5.74. The number of hydrogen-bond donors (Lipinski definition) is 1. The molecule has 0 saturated carbocycles. The van der Waals surface area contributed by atoms with E-state index in [4.69, 9.17) is 10.5 Å². The van der Waals surface area contributed by atoms with Crippen LogP contribution < -0.4 is 5.73 Å². The largest absolute Gasteiger partial charge is 0.460 e. The van der Waals surface area contributed by atoms with E-state index in [1.54, 1.807) is 0 Å². The smallest absolute Gasteiger partial charge is 0.340 e. The van der Waals surface area contributed by atoms with Gasteiger partial charge in [-0.1, -0.05) is 124 Å². The zero-order valence-electron chi connectivity index (χ0n) is 24.0. The highest BCUT2D eigenvalue weighted by Crippen LogP contribution is 2.19. The third-order valence-electron chi connectivity index (χ3n) is 7.26. The minimum Gasteiger partial charge on any atom is -0.460 e. The molecule has 2 atom stereocenters. The molecule has 0 fully saturated rings. The number of hydrogen-bond acceptors (Lipinski definition) is 3. The minimum absolute atomic E-state index is 0.104. The lowest BCUT2D eigenvalue weighted by atomic mass is 10.0. The molecule has 0 aliphatic rings. The van der Waals surface area contributed by atoms with Gasteiger partial charge < -0.3 is 10.5 Å². The standard InChI is InChI=1S/C31H62FNO2/c1-4-7-10-13-14-15-18-23-28(33)24-19-16-17-22-27-30(32)31(34)35-29(25-20-11-8-5-2)26-21-12-9-6-3/h28-30H,4-27,33H2,1-3H3. The van der Waals surface area contributed by atoms with Gasteiger partial charge in [0.2, 0.25) is 0 Å². The number of halogens is 1. The summed E-state index contributed by atoms with van der Waals surface area (Å²) in [5.74, 6) is -0.627. The Morgan fingerprint density at radius 3 is 1.37 bits per heavy atom. The van der Waals surface area contributed by atoms with Crippen LogP contribution in [0.25, 0.3) is 0 Å². The normalized spacial score (nSPS) is 13.3. The number of carbonyl (C=O) groups excluding carboxylic acids is 1. The van der Waals surface area contributed by atoms with Gasteiger partial charge >= 0.3 is 5.97 Å². The molecule has 0 bridgehead atoms. The molecule has 3 nitrogen and oxygen atoms in total. The predicted molar refractivity (Wildman–Crippen MR) is 151 cm³/mol. The molecule has 2 unspecified atom stereocenters. The number of esters is 1. The number of rotatable bonds is 27. The first-order chi connectivity index (χ1) is 17.0. The molecule has 4 heteroatoms. The van der Waals surface area contributed by atoms with Crippen LogP contribution in [0.4, 0.5) is 4.39 Å². The summed E-state index contributed by atoms with van der Waals surface area (Å²) >= 11 is 0.